The second kappa shape index (κ2) is 5.58. The molecule has 2 aromatic carbocycles. The zero-order chi connectivity index (χ0) is 18.8. The Hall–Kier alpha value is -3.34. The Balaban J connectivity index is 1.60. The lowest BCUT2D eigenvalue weighted by molar-refractivity contribution is -0.122. The summed E-state index contributed by atoms with van der Waals surface area (Å²) in [5.41, 5.74) is 7.52. The third-order valence-electron chi connectivity index (χ3n) is 6.19. The van der Waals surface area contributed by atoms with E-state index >= 15 is 0 Å². The van der Waals surface area contributed by atoms with Crippen LogP contribution in [0, 0.1) is 0 Å². The van der Waals surface area contributed by atoms with Crippen LogP contribution < -0.4 is 10.2 Å². The number of aromatic amines is 1. The molecule has 0 bridgehead atoms. The number of carbonyl (C=O) groups is 2. The molecule has 0 unspecified atom stereocenters. The molecule has 0 spiro atoms. The van der Waals surface area contributed by atoms with Gasteiger partial charge in [-0.1, -0.05) is 18.2 Å². The molecule has 5 nitrogen and oxygen atoms in total. The van der Waals surface area contributed by atoms with Crippen molar-refractivity contribution < 1.29 is 9.59 Å². The van der Waals surface area contributed by atoms with Crippen LogP contribution in [-0.4, -0.2) is 29.9 Å². The molecule has 28 heavy (non-hydrogen) atoms. The number of hydrogen-bond acceptors (Lipinski definition) is 3. The maximum Gasteiger partial charge on any atom is 0.259 e. The van der Waals surface area contributed by atoms with Crippen molar-refractivity contribution >= 4 is 39.6 Å². The number of para-hydroxylation sites is 1. The maximum atomic E-state index is 12.8. The number of imide groups is 1. The molecule has 0 aliphatic carbocycles. The van der Waals surface area contributed by atoms with Crippen molar-refractivity contribution in [1.29, 1.82) is 0 Å². The fraction of sp³-hybridized carbons (Fsp3) is 0.217. The minimum absolute atomic E-state index is 0.303. The SMILES string of the molecule is O=C1NC(=O)C(c2c[nH]c3ccccc23)=C1c1cc2c3c(c1)CCN3CCC2. The number of nitrogens with one attached hydrogen (secondary N) is 2. The molecule has 0 saturated carbocycles. The number of nitrogens with zero attached hydrogens (tertiary/aromatic N) is 1. The third kappa shape index (κ3) is 2.07. The first-order valence-electron chi connectivity index (χ1n) is 9.78. The summed E-state index contributed by atoms with van der Waals surface area (Å²) in [4.78, 5) is 31.2. The molecule has 4 heterocycles. The van der Waals surface area contributed by atoms with E-state index < -0.39 is 0 Å². The fourth-order valence-electron chi connectivity index (χ4n) is 5.01. The highest BCUT2D eigenvalue weighted by molar-refractivity contribution is 6.50. The first-order chi connectivity index (χ1) is 13.7. The van der Waals surface area contributed by atoms with Gasteiger partial charge in [0.2, 0.25) is 0 Å². The predicted octanol–water partition coefficient (Wildman–Crippen LogP) is 3.04. The summed E-state index contributed by atoms with van der Waals surface area (Å²) in [6, 6.07) is 12.1. The Morgan fingerprint density at radius 3 is 2.57 bits per heavy atom. The lowest BCUT2D eigenvalue weighted by atomic mass is 9.90. The van der Waals surface area contributed by atoms with E-state index in [2.05, 4.69) is 27.3 Å². The van der Waals surface area contributed by atoms with Crippen LogP contribution in [0.1, 0.15) is 28.7 Å². The predicted molar refractivity (Wildman–Crippen MR) is 109 cm³/mol. The molecular formula is C23H19N3O2. The van der Waals surface area contributed by atoms with Gasteiger partial charge in [0.15, 0.2) is 0 Å². The van der Waals surface area contributed by atoms with E-state index in [1.54, 1.807) is 0 Å². The van der Waals surface area contributed by atoms with Gasteiger partial charge in [-0.15, -0.1) is 0 Å². The van der Waals surface area contributed by atoms with Gasteiger partial charge >= 0.3 is 0 Å². The van der Waals surface area contributed by atoms with E-state index in [4.69, 9.17) is 0 Å². The maximum absolute atomic E-state index is 12.8. The van der Waals surface area contributed by atoms with Crippen LogP contribution in [0.4, 0.5) is 5.69 Å². The van der Waals surface area contributed by atoms with Crippen molar-refractivity contribution in [3.8, 4) is 0 Å². The van der Waals surface area contributed by atoms with E-state index in [9.17, 15) is 9.59 Å². The average molecular weight is 369 g/mol. The molecule has 6 rings (SSSR count). The van der Waals surface area contributed by atoms with Crippen molar-refractivity contribution in [1.82, 2.24) is 10.3 Å². The molecule has 0 fully saturated rings. The first kappa shape index (κ1) is 15.7. The molecule has 1 aromatic heterocycles. The smallest absolute Gasteiger partial charge is 0.259 e. The third-order valence-corrected chi connectivity index (χ3v) is 6.19. The quantitative estimate of drug-likeness (QED) is 0.683. The van der Waals surface area contributed by atoms with Gasteiger partial charge in [0.05, 0.1) is 11.1 Å². The monoisotopic (exact) mass is 369 g/mol. The van der Waals surface area contributed by atoms with Gasteiger partial charge in [-0.25, -0.2) is 0 Å². The second-order valence-corrected chi connectivity index (χ2v) is 7.76. The lowest BCUT2D eigenvalue weighted by Crippen LogP contribution is -2.26. The molecule has 0 saturated heterocycles. The summed E-state index contributed by atoms with van der Waals surface area (Å²) in [5, 5.41) is 3.47. The van der Waals surface area contributed by atoms with E-state index in [0.29, 0.717) is 11.1 Å². The highest BCUT2D eigenvalue weighted by Gasteiger charge is 2.35. The Morgan fingerprint density at radius 1 is 0.893 bits per heavy atom. The van der Waals surface area contributed by atoms with Gasteiger partial charge in [0.25, 0.3) is 11.8 Å². The Bertz CT molecular complexity index is 1220. The molecule has 5 heteroatoms. The van der Waals surface area contributed by atoms with Crippen LogP contribution in [0.15, 0.2) is 42.6 Å². The van der Waals surface area contributed by atoms with E-state index in [0.717, 1.165) is 54.4 Å². The van der Waals surface area contributed by atoms with Crippen LogP contribution in [0.3, 0.4) is 0 Å². The van der Waals surface area contributed by atoms with Gasteiger partial charge < -0.3 is 9.88 Å². The topological polar surface area (TPSA) is 65.2 Å². The summed E-state index contributed by atoms with van der Waals surface area (Å²) in [5.74, 6) is -0.622. The van der Waals surface area contributed by atoms with E-state index in [-0.39, 0.29) is 11.8 Å². The van der Waals surface area contributed by atoms with Crippen molar-refractivity contribution in [3.63, 3.8) is 0 Å². The summed E-state index contributed by atoms with van der Waals surface area (Å²) in [7, 11) is 0. The van der Waals surface area contributed by atoms with Crippen LogP contribution in [0.25, 0.3) is 22.0 Å². The minimum Gasteiger partial charge on any atom is -0.371 e. The largest absolute Gasteiger partial charge is 0.371 e. The van der Waals surface area contributed by atoms with Crippen molar-refractivity contribution in [2.45, 2.75) is 19.3 Å². The Kier molecular flexibility index (Phi) is 3.13. The molecule has 2 N–H and O–H groups in total. The van der Waals surface area contributed by atoms with E-state index in [1.165, 1.54) is 16.8 Å². The number of amides is 2. The van der Waals surface area contributed by atoms with Gasteiger partial charge in [-0.2, -0.15) is 0 Å². The average Bonchev–Trinajstić information content (AvgIpc) is 3.38. The number of fused-ring (bicyclic) bond motifs is 1. The lowest BCUT2D eigenvalue weighted by Gasteiger charge is -2.27. The molecule has 138 valence electrons. The Labute approximate surface area is 162 Å². The zero-order valence-electron chi connectivity index (χ0n) is 15.3. The molecule has 3 aliphatic rings. The normalized spacial score (nSPS) is 18.2. The van der Waals surface area contributed by atoms with Gasteiger partial charge in [-0.05, 0) is 54.2 Å². The standard InChI is InChI=1S/C23H19N3O2/c27-22-19(15-10-13-4-3-8-26-9-7-14(11-15)21(13)26)20(23(28)25-22)17-12-24-18-6-2-1-5-16(17)18/h1-2,5-6,10-12,24H,3-4,7-9H2,(H,25,27,28). The molecule has 0 radical (unpaired) electrons. The summed E-state index contributed by atoms with van der Waals surface area (Å²) < 4.78 is 0. The molecular weight excluding hydrogens is 350 g/mol. The number of anilines is 1. The number of rotatable bonds is 2. The first-order valence-corrected chi connectivity index (χ1v) is 9.78. The summed E-state index contributed by atoms with van der Waals surface area (Å²) in [6.45, 7) is 2.16. The minimum atomic E-state index is -0.319. The summed E-state index contributed by atoms with van der Waals surface area (Å²) >= 11 is 0. The van der Waals surface area contributed by atoms with Gasteiger partial charge in [0.1, 0.15) is 0 Å². The van der Waals surface area contributed by atoms with Crippen LogP contribution in [0.2, 0.25) is 0 Å². The molecule has 3 aromatic rings. The second-order valence-electron chi connectivity index (χ2n) is 7.76. The fourth-order valence-corrected chi connectivity index (χ4v) is 5.01. The molecule has 0 atom stereocenters. The van der Waals surface area contributed by atoms with Gasteiger partial charge in [-0.3, -0.25) is 14.9 Å². The van der Waals surface area contributed by atoms with Gasteiger partial charge in [0, 0.05) is 41.4 Å². The summed E-state index contributed by atoms with van der Waals surface area (Å²) in [6.07, 6.45) is 4.99. The van der Waals surface area contributed by atoms with Crippen LogP contribution in [0.5, 0.6) is 0 Å². The van der Waals surface area contributed by atoms with Crippen molar-refractivity contribution in [3.05, 3.63) is 64.8 Å². The van der Waals surface area contributed by atoms with E-state index in [1.807, 2.05) is 30.5 Å². The van der Waals surface area contributed by atoms with Crippen LogP contribution in [-0.2, 0) is 22.4 Å². The van der Waals surface area contributed by atoms with Crippen molar-refractivity contribution in [2.24, 2.45) is 0 Å². The number of H-pyrrole nitrogens is 1. The number of benzene rings is 2. The number of aromatic nitrogens is 1. The molecule has 2 amide bonds. The molecule has 3 aliphatic heterocycles. The Morgan fingerprint density at radius 2 is 1.68 bits per heavy atom. The highest BCUT2D eigenvalue weighted by atomic mass is 16.2. The van der Waals surface area contributed by atoms with Crippen LogP contribution >= 0.6 is 0 Å². The highest BCUT2D eigenvalue weighted by Crippen LogP contribution is 2.41. The van der Waals surface area contributed by atoms with Crippen molar-refractivity contribution in [2.75, 3.05) is 18.0 Å². The number of hydrogen-bond donors (Lipinski definition) is 2. The number of carbonyl (C=O) groups excluding carboxylic acids is 2. The number of aryl methyl sites for hydroxylation is 1. The zero-order valence-corrected chi connectivity index (χ0v) is 15.3.